The zero-order valence-electron chi connectivity index (χ0n) is 12.8. The maximum Gasteiger partial charge on any atom is 0.255 e. The van der Waals surface area contributed by atoms with Gasteiger partial charge in [0, 0.05) is 11.9 Å². The average molecular weight is 322 g/mol. The first-order valence-corrected chi connectivity index (χ1v) is 7.13. The predicted molar refractivity (Wildman–Crippen MR) is 93.1 cm³/mol. The van der Waals surface area contributed by atoms with E-state index < -0.39 is 10.9 Å². The highest BCUT2D eigenvalue weighted by atomic mass is 16.5. The first-order chi connectivity index (χ1) is 11.7. The Kier molecular flexibility index (Phi) is 4.33. The molecule has 24 heavy (non-hydrogen) atoms. The maximum absolute atomic E-state index is 11.7. The van der Waals surface area contributed by atoms with Gasteiger partial charge in [0.05, 0.1) is 19.0 Å². The third-order valence-corrected chi connectivity index (χ3v) is 3.33. The van der Waals surface area contributed by atoms with E-state index in [0.29, 0.717) is 17.1 Å². The maximum atomic E-state index is 11.7. The van der Waals surface area contributed by atoms with Gasteiger partial charge in [-0.25, -0.2) is 0 Å². The van der Waals surface area contributed by atoms with Crippen molar-refractivity contribution in [2.45, 2.75) is 0 Å². The quantitative estimate of drug-likeness (QED) is 0.409. The fourth-order valence-electron chi connectivity index (χ4n) is 2.05. The Morgan fingerprint density at radius 2 is 1.79 bits per heavy atom. The van der Waals surface area contributed by atoms with Gasteiger partial charge in [-0.2, -0.15) is 5.10 Å². The largest absolute Gasteiger partial charge is 0.497 e. The molecular formula is C17H14N4O3. The minimum Gasteiger partial charge on any atom is -0.497 e. The molecule has 1 heterocycles. The number of anilines is 3. The minimum absolute atomic E-state index is 0.128. The fourth-order valence-corrected chi connectivity index (χ4v) is 2.05. The Morgan fingerprint density at radius 3 is 2.46 bits per heavy atom. The highest BCUT2D eigenvalue weighted by Gasteiger charge is 2.20. The number of hydrogen-bond acceptors (Lipinski definition) is 7. The van der Waals surface area contributed by atoms with E-state index in [9.17, 15) is 9.59 Å². The summed E-state index contributed by atoms with van der Waals surface area (Å²) < 4.78 is 5.07. The summed E-state index contributed by atoms with van der Waals surface area (Å²) in [5.74, 6) is 0.698. The molecule has 0 saturated heterocycles. The van der Waals surface area contributed by atoms with Crippen molar-refractivity contribution >= 4 is 23.3 Å². The van der Waals surface area contributed by atoms with Crippen LogP contribution in [0.15, 0.2) is 63.4 Å². The molecule has 3 aromatic rings. The van der Waals surface area contributed by atoms with Gasteiger partial charge in [-0.3, -0.25) is 20.0 Å². The van der Waals surface area contributed by atoms with Gasteiger partial charge in [-0.15, -0.1) is 0 Å². The second-order valence-electron chi connectivity index (χ2n) is 4.89. The van der Waals surface area contributed by atoms with E-state index in [1.54, 1.807) is 49.7 Å². The number of benzene rings is 1. The Morgan fingerprint density at radius 1 is 1.04 bits per heavy atom. The Balaban J connectivity index is 1.73. The highest BCUT2D eigenvalue weighted by Crippen LogP contribution is 2.22. The zero-order valence-corrected chi connectivity index (χ0v) is 12.8. The van der Waals surface area contributed by atoms with Crippen LogP contribution in [-0.4, -0.2) is 18.3 Å². The summed E-state index contributed by atoms with van der Waals surface area (Å²) >= 11 is 0. The Labute approximate surface area is 137 Å². The number of ether oxygens (including phenoxy) is 1. The lowest BCUT2D eigenvalue weighted by molar-refractivity contribution is 0.415. The van der Waals surface area contributed by atoms with Crippen LogP contribution in [0.4, 0.5) is 17.1 Å². The van der Waals surface area contributed by atoms with Gasteiger partial charge in [0.2, 0.25) is 0 Å². The number of pyridine rings is 1. The molecule has 0 atom stereocenters. The third kappa shape index (κ3) is 3.14. The van der Waals surface area contributed by atoms with Gasteiger partial charge in [0.25, 0.3) is 10.9 Å². The first-order valence-electron chi connectivity index (χ1n) is 7.13. The van der Waals surface area contributed by atoms with Crippen LogP contribution in [0.2, 0.25) is 0 Å². The van der Waals surface area contributed by atoms with Crippen LogP contribution in [0.3, 0.4) is 0 Å². The first kappa shape index (κ1) is 15.4. The molecule has 0 amide bonds. The van der Waals surface area contributed by atoms with Crippen LogP contribution in [0.5, 0.6) is 5.75 Å². The van der Waals surface area contributed by atoms with Crippen LogP contribution in [0.25, 0.3) is 0 Å². The monoisotopic (exact) mass is 322 g/mol. The summed E-state index contributed by atoms with van der Waals surface area (Å²) in [6.45, 7) is 0. The minimum atomic E-state index is -0.607. The topological polar surface area (TPSA) is 92.7 Å². The second-order valence-corrected chi connectivity index (χ2v) is 4.89. The zero-order chi connectivity index (χ0) is 16.9. The molecule has 0 unspecified atom stereocenters. The van der Waals surface area contributed by atoms with Crippen molar-refractivity contribution in [3.05, 3.63) is 74.8 Å². The fraction of sp³-hybridized carbons (Fsp3) is 0.0588. The van der Waals surface area contributed by atoms with E-state index in [1.165, 1.54) is 6.21 Å². The lowest BCUT2D eigenvalue weighted by Crippen LogP contribution is -2.35. The standard InChI is InChI=1S/C17H14N4O3/c1-24-13-7-5-11(6-8-13)20-14-15(17(23)16(14)22)21-19-10-12-4-2-3-9-18-12/h2-10,20-21H,1H3. The summed E-state index contributed by atoms with van der Waals surface area (Å²) in [7, 11) is 1.57. The molecule has 120 valence electrons. The van der Waals surface area contributed by atoms with Gasteiger partial charge in [0.1, 0.15) is 17.1 Å². The molecule has 7 nitrogen and oxygen atoms in total. The van der Waals surface area contributed by atoms with Gasteiger partial charge in [-0.1, -0.05) is 6.07 Å². The highest BCUT2D eigenvalue weighted by molar-refractivity contribution is 5.81. The number of hydrogen-bond donors (Lipinski definition) is 2. The third-order valence-electron chi connectivity index (χ3n) is 3.33. The van der Waals surface area contributed by atoms with E-state index in [1.807, 2.05) is 6.07 Å². The SMILES string of the molecule is COc1ccc(Nc2c(NN=Cc3ccccn3)c(=O)c2=O)cc1. The molecule has 0 aliphatic rings. The van der Waals surface area contributed by atoms with E-state index in [-0.39, 0.29) is 11.4 Å². The van der Waals surface area contributed by atoms with Crippen molar-refractivity contribution in [2.24, 2.45) is 5.10 Å². The van der Waals surface area contributed by atoms with Gasteiger partial charge in [-0.05, 0) is 36.4 Å². The molecule has 3 rings (SSSR count). The number of aromatic nitrogens is 1. The molecule has 7 heteroatoms. The summed E-state index contributed by atoms with van der Waals surface area (Å²) in [4.78, 5) is 27.5. The van der Waals surface area contributed by atoms with Crippen LogP contribution in [0.1, 0.15) is 5.69 Å². The molecular weight excluding hydrogens is 308 g/mol. The van der Waals surface area contributed by atoms with Crippen molar-refractivity contribution in [1.29, 1.82) is 0 Å². The smallest absolute Gasteiger partial charge is 0.255 e. The lowest BCUT2D eigenvalue weighted by Gasteiger charge is -2.12. The Hall–Kier alpha value is -3.48. The molecule has 0 bridgehead atoms. The molecule has 0 aliphatic heterocycles. The summed E-state index contributed by atoms with van der Waals surface area (Å²) in [5, 5.41) is 6.85. The van der Waals surface area contributed by atoms with Crippen LogP contribution in [-0.2, 0) is 0 Å². The van der Waals surface area contributed by atoms with E-state index in [4.69, 9.17) is 4.74 Å². The molecule has 0 radical (unpaired) electrons. The number of hydrazone groups is 1. The molecule has 1 aromatic heterocycles. The lowest BCUT2D eigenvalue weighted by atomic mass is 10.2. The number of nitrogens with zero attached hydrogens (tertiary/aromatic N) is 2. The van der Waals surface area contributed by atoms with Gasteiger partial charge in [0.15, 0.2) is 0 Å². The molecule has 0 aliphatic carbocycles. The molecule has 0 fully saturated rings. The Bertz CT molecular complexity index is 927. The summed E-state index contributed by atoms with van der Waals surface area (Å²) in [6.07, 6.45) is 3.10. The second kappa shape index (κ2) is 6.74. The number of rotatable bonds is 6. The van der Waals surface area contributed by atoms with Gasteiger partial charge < -0.3 is 10.1 Å². The van der Waals surface area contributed by atoms with Crippen LogP contribution in [0, 0.1) is 0 Å². The molecule has 2 aromatic carbocycles. The van der Waals surface area contributed by atoms with Crippen molar-refractivity contribution in [3.8, 4) is 5.75 Å². The average Bonchev–Trinajstić information content (AvgIpc) is 2.65. The van der Waals surface area contributed by atoms with Crippen LogP contribution < -0.4 is 26.3 Å². The molecule has 0 spiro atoms. The van der Waals surface area contributed by atoms with Crippen LogP contribution >= 0.6 is 0 Å². The van der Waals surface area contributed by atoms with E-state index in [2.05, 4.69) is 20.8 Å². The van der Waals surface area contributed by atoms with Crippen molar-refractivity contribution in [1.82, 2.24) is 4.98 Å². The summed E-state index contributed by atoms with van der Waals surface area (Å²) in [6, 6.07) is 12.4. The molecule has 2 N–H and O–H groups in total. The number of nitrogens with one attached hydrogen (secondary N) is 2. The molecule has 0 saturated carbocycles. The van der Waals surface area contributed by atoms with Crippen molar-refractivity contribution in [2.75, 3.05) is 17.9 Å². The van der Waals surface area contributed by atoms with Crippen molar-refractivity contribution in [3.63, 3.8) is 0 Å². The number of methoxy groups -OCH3 is 1. The van der Waals surface area contributed by atoms with Gasteiger partial charge >= 0.3 is 0 Å². The summed E-state index contributed by atoms with van der Waals surface area (Å²) in [5.41, 5.74) is 3.01. The van der Waals surface area contributed by atoms with E-state index >= 15 is 0 Å². The predicted octanol–water partition coefficient (Wildman–Crippen LogP) is 1.88. The van der Waals surface area contributed by atoms with E-state index in [0.717, 1.165) is 0 Å². The normalized spacial score (nSPS) is 10.9. The van der Waals surface area contributed by atoms with Crippen molar-refractivity contribution < 1.29 is 4.74 Å².